The van der Waals surface area contributed by atoms with Gasteiger partial charge in [-0.3, -0.25) is 4.68 Å². The molecule has 1 aromatic rings. The number of hydrogen-bond acceptors (Lipinski definition) is 2. The Labute approximate surface area is 97.4 Å². The summed E-state index contributed by atoms with van der Waals surface area (Å²) in [5.74, 6) is -0.979. The van der Waals surface area contributed by atoms with Crippen LogP contribution in [-0.2, 0) is 12.0 Å². The van der Waals surface area contributed by atoms with Crippen LogP contribution in [0.1, 0.15) is 43.7 Å². The third-order valence-corrected chi connectivity index (χ3v) is 2.95. The molecule has 0 unspecified atom stereocenters. The van der Waals surface area contributed by atoms with E-state index in [4.69, 9.17) is 5.11 Å². The molecule has 84 valence electrons. The highest BCUT2D eigenvalue weighted by Crippen LogP contribution is 2.32. The van der Waals surface area contributed by atoms with Crippen molar-refractivity contribution in [1.29, 1.82) is 0 Å². The van der Waals surface area contributed by atoms with Gasteiger partial charge in [-0.2, -0.15) is 5.10 Å². The van der Waals surface area contributed by atoms with Gasteiger partial charge >= 0.3 is 5.97 Å². The number of carboxylic acids is 1. The monoisotopic (exact) mass is 274 g/mol. The highest BCUT2D eigenvalue weighted by molar-refractivity contribution is 9.10. The molecule has 0 aliphatic rings. The maximum atomic E-state index is 11.1. The van der Waals surface area contributed by atoms with Gasteiger partial charge in [-0.25, -0.2) is 4.79 Å². The molecular weight excluding hydrogens is 260 g/mol. The van der Waals surface area contributed by atoms with Crippen molar-refractivity contribution in [2.24, 2.45) is 0 Å². The largest absolute Gasteiger partial charge is 0.476 e. The summed E-state index contributed by atoms with van der Waals surface area (Å²) in [6, 6.07) is 0. The van der Waals surface area contributed by atoms with E-state index in [1.165, 1.54) is 0 Å². The van der Waals surface area contributed by atoms with Crippen LogP contribution in [-0.4, -0.2) is 20.9 Å². The minimum Gasteiger partial charge on any atom is -0.476 e. The van der Waals surface area contributed by atoms with Crippen LogP contribution in [0.5, 0.6) is 0 Å². The molecule has 0 aliphatic heterocycles. The summed E-state index contributed by atoms with van der Waals surface area (Å²) in [6.07, 6.45) is 0. The number of aryl methyl sites for hydroxylation is 1. The van der Waals surface area contributed by atoms with E-state index < -0.39 is 5.97 Å². The Kier molecular flexibility index (Phi) is 3.23. The molecule has 1 heterocycles. The standard InChI is InChI=1S/C10H15BrN2O2/c1-5-13-8(11)6(10(2,3)4)7(12-13)9(14)15/h5H2,1-4H3,(H,14,15). The zero-order valence-electron chi connectivity index (χ0n) is 9.33. The van der Waals surface area contributed by atoms with Gasteiger partial charge in [0.1, 0.15) is 4.60 Å². The Bertz CT molecular complexity index is 391. The van der Waals surface area contributed by atoms with Crippen molar-refractivity contribution >= 4 is 21.9 Å². The Morgan fingerprint density at radius 3 is 2.33 bits per heavy atom. The number of carboxylic acid groups (broad SMARTS) is 1. The van der Waals surface area contributed by atoms with Gasteiger partial charge in [0.2, 0.25) is 0 Å². The smallest absolute Gasteiger partial charge is 0.356 e. The summed E-state index contributed by atoms with van der Waals surface area (Å²) in [5.41, 5.74) is 0.646. The molecule has 0 saturated carbocycles. The molecule has 4 nitrogen and oxygen atoms in total. The highest BCUT2D eigenvalue weighted by Gasteiger charge is 2.29. The zero-order chi connectivity index (χ0) is 11.8. The number of nitrogens with zero attached hydrogens (tertiary/aromatic N) is 2. The fourth-order valence-corrected chi connectivity index (χ4v) is 2.58. The molecule has 0 amide bonds. The van der Waals surface area contributed by atoms with Crippen LogP contribution in [0, 0.1) is 0 Å². The van der Waals surface area contributed by atoms with Crippen LogP contribution in [0.3, 0.4) is 0 Å². The summed E-state index contributed by atoms with van der Waals surface area (Å²) >= 11 is 3.40. The van der Waals surface area contributed by atoms with Gasteiger partial charge in [-0.1, -0.05) is 20.8 Å². The number of halogens is 1. The molecule has 15 heavy (non-hydrogen) atoms. The summed E-state index contributed by atoms with van der Waals surface area (Å²) in [7, 11) is 0. The Balaban J connectivity index is 3.46. The van der Waals surface area contributed by atoms with Crippen molar-refractivity contribution in [3.05, 3.63) is 15.9 Å². The lowest BCUT2D eigenvalue weighted by Crippen LogP contribution is -2.16. The number of hydrogen-bond donors (Lipinski definition) is 1. The van der Waals surface area contributed by atoms with Crippen molar-refractivity contribution in [3.63, 3.8) is 0 Å². The maximum Gasteiger partial charge on any atom is 0.356 e. The molecule has 0 radical (unpaired) electrons. The first kappa shape index (κ1) is 12.2. The number of aromatic nitrogens is 2. The minimum absolute atomic E-state index is 0.135. The van der Waals surface area contributed by atoms with Gasteiger partial charge in [0, 0.05) is 12.1 Å². The molecule has 0 fully saturated rings. The predicted molar refractivity (Wildman–Crippen MR) is 61.3 cm³/mol. The van der Waals surface area contributed by atoms with E-state index in [0.717, 1.165) is 10.2 Å². The molecule has 0 spiro atoms. The lowest BCUT2D eigenvalue weighted by molar-refractivity contribution is 0.0687. The molecule has 1 aromatic heterocycles. The van der Waals surface area contributed by atoms with Crippen molar-refractivity contribution in [3.8, 4) is 0 Å². The number of aromatic carboxylic acids is 1. The third-order valence-electron chi connectivity index (χ3n) is 2.14. The third kappa shape index (κ3) is 2.22. The first-order chi connectivity index (χ1) is 6.79. The van der Waals surface area contributed by atoms with Gasteiger partial charge in [0.15, 0.2) is 5.69 Å². The van der Waals surface area contributed by atoms with E-state index in [1.807, 2.05) is 27.7 Å². The Morgan fingerprint density at radius 2 is 2.07 bits per heavy atom. The summed E-state index contributed by atoms with van der Waals surface area (Å²) < 4.78 is 2.42. The first-order valence-corrected chi connectivity index (χ1v) is 5.58. The minimum atomic E-state index is -0.979. The molecule has 0 bridgehead atoms. The van der Waals surface area contributed by atoms with E-state index in [0.29, 0.717) is 6.54 Å². The van der Waals surface area contributed by atoms with E-state index in [9.17, 15) is 4.79 Å². The summed E-state index contributed by atoms with van der Waals surface area (Å²) in [6.45, 7) is 8.50. The zero-order valence-corrected chi connectivity index (χ0v) is 10.9. The average molecular weight is 275 g/mol. The fraction of sp³-hybridized carbons (Fsp3) is 0.600. The number of carbonyl (C=O) groups is 1. The molecule has 0 atom stereocenters. The molecule has 1 N–H and O–H groups in total. The number of rotatable bonds is 2. The fourth-order valence-electron chi connectivity index (χ4n) is 1.47. The van der Waals surface area contributed by atoms with E-state index in [-0.39, 0.29) is 11.1 Å². The van der Waals surface area contributed by atoms with Gasteiger partial charge < -0.3 is 5.11 Å². The van der Waals surface area contributed by atoms with Gasteiger partial charge in [-0.15, -0.1) is 0 Å². The van der Waals surface area contributed by atoms with Crippen molar-refractivity contribution in [2.45, 2.75) is 39.7 Å². The van der Waals surface area contributed by atoms with E-state index >= 15 is 0 Å². The molecule has 0 saturated heterocycles. The van der Waals surface area contributed by atoms with E-state index in [1.54, 1.807) is 4.68 Å². The van der Waals surface area contributed by atoms with Crippen molar-refractivity contribution < 1.29 is 9.90 Å². The predicted octanol–water partition coefficient (Wildman–Crippen LogP) is 2.66. The van der Waals surface area contributed by atoms with Gasteiger partial charge in [-0.05, 0) is 28.3 Å². The Morgan fingerprint density at radius 1 is 1.53 bits per heavy atom. The van der Waals surface area contributed by atoms with Crippen LogP contribution >= 0.6 is 15.9 Å². The van der Waals surface area contributed by atoms with E-state index in [2.05, 4.69) is 21.0 Å². The lowest BCUT2D eigenvalue weighted by Gasteiger charge is -2.18. The van der Waals surface area contributed by atoms with Gasteiger partial charge in [0.05, 0.1) is 0 Å². The molecule has 5 heteroatoms. The molecular formula is C10H15BrN2O2. The average Bonchev–Trinajstić information content (AvgIpc) is 2.41. The van der Waals surface area contributed by atoms with Crippen LogP contribution in [0.15, 0.2) is 4.60 Å². The van der Waals surface area contributed by atoms with Crippen LogP contribution in [0.25, 0.3) is 0 Å². The second kappa shape index (κ2) is 3.96. The summed E-state index contributed by atoms with van der Waals surface area (Å²) in [4.78, 5) is 11.1. The topological polar surface area (TPSA) is 55.1 Å². The summed E-state index contributed by atoms with van der Waals surface area (Å²) in [5, 5.41) is 13.1. The quantitative estimate of drug-likeness (QED) is 0.902. The van der Waals surface area contributed by atoms with Crippen LogP contribution in [0.4, 0.5) is 0 Å². The SMILES string of the molecule is CCn1nc(C(=O)O)c(C(C)(C)C)c1Br. The lowest BCUT2D eigenvalue weighted by atomic mass is 9.87. The highest BCUT2D eigenvalue weighted by atomic mass is 79.9. The normalized spacial score (nSPS) is 11.8. The van der Waals surface area contributed by atoms with Crippen LogP contribution < -0.4 is 0 Å². The first-order valence-electron chi connectivity index (χ1n) is 4.79. The Hall–Kier alpha value is -0.840. The second-order valence-electron chi connectivity index (χ2n) is 4.39. The van der Waals surface area contributed by atoms with Crippen LogP contribution in [0.2, 0.25) is 0 Å². The van der Waals surface area contributed by atoms with Gasteiger partial charge in [0.25, 0.3) is 0 Å². The molecule has 0 aromatic carbocycles. The maximum absolute atomic E-state index is 11.1. The molecule has 1 rings (SSSR count). The molecule has 0 aliphatic carbocycles. The second-order valence-corrected chi connectivity index (χ2v) is 5.14. The van der Waals surface area contributed by atoms with Crippen molar-refractivity contribution in [2.75, 3.05) is 0 Å². The van der Waals surface area contributed by atoms with Crippen molar-refractivity contribution in [1.82, 2.24) is 9.78 Å².